The van der Waals surface area contributed by atoms with Crippen LogP contribution in [0.1, 0.15) is 23.7 Å². The van der Waals surface area contributed by atoms with Gasteiger partial charge in [0.2, 0.25) is 0 Å². The van der Waals surface area contributed by atoms with Crippen molar-refractivity contribution < 1.29 is 15.3 Å². The summed E-state index contributed by atoms with van der Waals surface area (Å²) in [5.74, 6) is -0.0552. The van der Waals surface area contributed by atoms with Gasteiger partial charge in [0.05, 0.1) is 6.10 Å². The van der Waals surface area contributed by atoms with Crippen LogP contribution < -0.4 is 0 Å². The average Bonchev–Trinajstić information content (AvgIpc) is 2.28. The fourth-order valence-corrected chi connectivity index (χ4v) is 1.63. The highest BCUT2D eigenvalue weighted by molar-refractivity contribution is 5.40. The lowest BCUT2D eigenvalue weighted by Gasteiger charge is -2.20. The van der Waals surface area contributed by atoms with Crippen LogP contribution in [0.5, 0.6) is 5.75 Å². The van der Waals surface area contributed by atoms with Crippen LogP contribution in [0.15, 0.2) is 23.3 Å². The first kappa shape index (κ1) is 13.3. The summed E-state index contributed by atoms with van der Waals surface area (Å²) >= 11 is 0. The van der Waals surface area contributed by atoms with Gasteiger partial charge in [0, 0.05) is 17.0 Å². The van der Waals surface area contributed by atoms with Crippen LogP contribution in [0.3, 0.4) is 0 Å². The van der Waals surface area contributed by atoms with Crippen molar-refractivity contribution in [1.82, 2.24) is 0 Å². The summed E-state index contributed by atoms with van der Waals surface area (Å²) in [6.45, 7) is 1.83. The second-order valence-corrected chi connectivity index (χ2v) is 3.76. The number of aliphatic hydroxyl groups is 2. The zero-order chi connectivity index (χ0) is 12.8. The number of rotatable bonds is 5. The molecule has 0 spiro atoms. The molecule has 0 fully saturated rings. The second-order valence-electron chi connectivity index (χ2n) is 3.76. The Morgan fingerprint density at radius 1 is 1.41 bits per heavy atom. The molecule has 6 nitrogen and oxygen atoms in total. The van der Waals surface area contributed by atoms with Crippen LogP contribution in [0.4, 0.5) is 0 Å². The van der Waals surface area contributed by atoms with Gasteiger partial charge in [-0.2, -0.15) is 0 Å². The molecule has 2 atom stereocenters. The van der Waals surface area contributed by atoms with Crippen molar-refractivity contribution in [3.63, 3.8) is 0 Å². The lowest BCUT2D eigenvalue weighted by Crippen LogP contribution is -2.20. The van der Waals surface area contributed by atoms with Crippen molar-refractivity contribution in [2.75, 3.05) is 6.54 Å². The molecule has 1 aromatic carbocycles. The molecule has 0 aliphatic rings. The summed E-state index contributed by atoms with van der Waals surface area (Å²) in [4.78, 5) is 2.56. The highest BCUT2D eigenvalue weighted by Gasteiger charge is 2.22. The van der Waals surface area contributed by atoms with Crippen molar-refractivity contribution in [3.05, 3.63) is 39.8 Å². The van der Waals surface area contributed by atoms with Crippen LogP contribution in [-0.2, 0) is 0 Å². The van der Waals surface area contributed by atoms with E-state index in [1.165, 1.54) is 6.07 Å². The lowest BCUT2D eigenvalue weighted by molar-refractivity contribution is 0.0133. The Morgan fingerprint density at radius 2 is 2.12 bits per heavy atom. The van der Waals surface area contributed by atoms with Gasteiger partial charge in [-0.3, -0.25) is 0 Å². The Balaban J connectivity index is 2.81. The van der Waals surface area contributed by atoms with Gasteiger partial charge in [-0.05, 0) is 30.5 Å². The number of phenols is 1. The summed E-state index contributed by atoms with van der Waals surface area (Å²) in [7, 11) is 0. The molecule has 0 bridgehead atoms. The van der Waals surface area contributed by atoms with E-state index >= 15 is 0 Å². The molecule has 6 heteroatoms. The Labute approximate surface area is 98.8 Å². The molecule has 92 valence electrons. The molecular formula is C11H15N3O3. The molecule has 0 aliphatic carbocycles. The van der Waals surface area contributed by atoms with Crippen LogP contribution >= 0.6 is 0 Å². The predicted octanol–water partition coefficient (Wildman–Crippen LogP) is 1.80. The van der Waals surface area contributed by atoms with Gasteiger partial charge in [0.15, 0.2) is 0 Å². The first-order valence-corrected chi connectivity index (χ1v) is 5.23. The second kappa shape index (κ2) is 6.10. The van der Waals surface area contributed by atoms with E-state index in [2.05, 4.69) is 10.0 Å². The molecule has 3 N–H and O–H groups in total. The number of aryl methyl sites for hydroxylation is 1. The van der Waals surface area contributed by atoms with E-state index < -0.39 is 12.2 Å². The number of phenolic OH excluding ortho intramolecular Hbond substituents is 1. The maximum absolute atomic E-state index is 9.91. The lowest BCUT2D eigenvalue weighted by atomic mass is 9.97. The number of azide groups is 1. The summed E-state index contributed by atoms with van der Waals surface area (Å²) < 4.78 is 0. The third-order valence-electron chi connectivity index (χ3n) is 2.55. The van der Waals surface area contributed by atoms with Crippen LogP contribution in [-0.4, -0.2) is 28.0 Å². The first-order valence-electron chi connectivity index (χ1n) is 5.23. The smallest absolute Gasteiger partial charge is 0.121 e. The number of benzene rings is 1. The summed E-state index contributed by atoms with van der Waals surface area (Å²) in [5, 5.41) is 32.5. The molecule has 0 aromatic heterocycles. The number of aromatic hydroxyl groups is 1. The van der Waals surface area contributed by atoms with E-state index in [1.54, 1.807) is 19.1 Å². The van der Waals surface area contributed by atoms with Crippen molar-refractivity contribution >= 4 is 0 Å². The topological polar surface area (TPSA) is 109 Å². The number of nitrogens with zero attached hydrogens (tertiary/aromatic N) is 3. The molecule has 2 unspecified atom stereocenters. The minimum atomic E-state index is -1.19. The van der Waals surface area contributed by atoms with Crippen LogP contribution in [0.2, 0.25) is 0 Å². The monoisotopic (exact) mass is 237 g/mol. The first-order chi connectivity index (χ1) is 8.07. The van der Waals surface area contributed by atoms with Gasteiger partial charge >= 0.3 is 0 Å². The molecule has 0 radical (unpaired) electrons. The highest BCUT2D eigenvalue weighted by Crippen LogP contribution is 2.30. The molecule has 1 rings (SSSR count). The van der Waals surface area contributed by atoms with E-state index in [9.17, 15) is 15.3 Å². The van der Waals surface area contributed by atoms with Gasteiger partial charge in [-0.1, -0.05) is 17.2 Å². The highest BCUT2D eigenvalue weighted by atomic mass is 16.3. The third kappa shape index (κ3) is 3.35. The van der Waals surface area contributed by atoms with E-state index in [4.69, 9.17) is 5.53 Å². The fraction of sp³-hybridized carbons (Fsp3) is 0.455. The Kier molecular flexibility index (Phi) is 4.78. The zero-order valence-electron chi connectivity index (χ0n) is 9.48. The molecule has 0 aliphatic heterocycles. The third-order valence-corrected chi connectivity index (χ3v) is 2.55. The Hall–Kier alpha value is -1.75. The van der Waals surface area contributed by atoms with E-state index in [-0.39, 0.29) is 18.7 Å². The maximum atomic E-state index is 9.91. The number of aliphatic hydroxyl groups excluding tert-OH is 2. The average molecular weight is 237 g/mol. The van der Waals surface area contributed by atoms with Gasteiger partial charge in [0.1, 0.15) is 11.9 Å². The molecule has 0 saturated heterocycles. The molecule has 1 aromatic rings. The van der Waals surface area contributed by atoms with Crippen molar-refractivity contribution in [2.45, 2.75) is 25.6 Å². The Morgan fingerprint density at radius 3 is 2.71 bits per heavy atom. The summed E-state index contributed by atoms with van der Waals surface area (Å²) in [6, 6.07) is 4.84. The van der Waals surface area contributed by atoms with E-state index in [0.717, 1.165) is 0 Å². The molecular weight excluding hydrogens is 222 g/mol. The predicted molar refractivity (Wildman–Crippen MR) is 62.4 cm³/mol. The standard InChI is InChI=1S/C11H15N3O3/c1-7-3-2-4-8(15)10(7)11(17)9(16)5-6-13-14-12/h2-4,9,11,15-17H,5-6H2,1H3. The van der Waals surface area contributed by atoms with Crippen LogP contribution in [0, 0.1) is 6.92 Å². The quantitative estimate of drug-likeness (QED) is 0.412. The van der Waals surface area contributed by atoms with Gasteiger partial charge < -0.3 is 15.3 Å². The van der Waals surface area contributed by atoms with E-state index in [1.807, 2.05) is 0 Å². The normalized spacial score (nSPS) is 13.8. The minimum absolute atomic E-state index is 0.0552. The van der Waals surface area contributed by atoms with Gasteiger partial charge in [0.25, 0.3) is 0 Å². The maximum Gasteiger partial charge on any atom is 0.121 e. The fourth-order valence-electron chi connectivity index (χ4n) is 1.63. The molecule has 0 amide bonds. The minimum Gasteiger partial charge on any atom is -0.508 e. The zero-order valence-corrected chi connectivity index (χ0v) is 9.48. The van der Waals surface area contributed by atoms with Crippen molar-refractivity contribution in [1.29, 1.82) is 0 Å². The Bertz CT molecular complexity index is 410. The van der Waals surface area contributed by atoms with Crippen LogP contribution in [0.25, 0.3) is 10.4 Å². The number of hydrogen-bond donors (Lipinski definition) is 3. The largest absolute Gasteiger partial charge is 0.508 e. The molecule has 0 heterocycles. The van der Waals surface area contributed by atoms with E-state index in [0.29, 0.717) is 11.1 Å². The summed E-state index contributed by atoms with van der Waals surface area (Å²) in [5.41, 5.74) is 9.10. The van der Waals surface area contributed by atoms with Crippen molar-refractivity contribution in [2.24, 2.45) is 5.11 Å². The van der Waals surface area contributed by atoms with Gasteiger partial charge in [-0.15, -0.1) is 0 Å². The molecule has 0 saturated carbocycles. The SMILES string of the molecule is Cc1cccc(O)c1C(O)C(O)CCN=[N+]=[N-]. The number of hydrogen-bond acceptors (Lipinski definition) is 4. The van der Waals surface area contributed by atoms with Gasteiger partial charge in [-0.25, -0.2) is 0 Å². The molecule has 17 heavy (non-hydrogen) atoms. The summed E-state index contributed by atoms with van der Waals surface area (Å²) in [6.07, 6.45) is -2.13. The van der Waals surface area contributed by atoms with Crippen molar-refractivity contribution in [3.8, 4) is 5.75 Å².